The van der Waals surface area contributed by atoms with Gasteiger partial charge in [-0.05, 0) is 36.1 Å². The van der Waals surface area contributed by atoms with Gasteiger partial charge in [0.2, 0.25) is 0 Å². The molecular formula is C35H38NO3. The van der Waals surface area contributed by atoms with E-state index in [4.69, 9.17) is 9.47 Å². The number of aliphatic hydroxyl groups is 1. The lowest BCUT2D eigenvalue weighted by Gasteiger charge is -2.52. The maximum atomic E-state index is 11.7. The second-order valence-electron chi connectivity index (χ2n) is 10.8. The van der Waals surface area contributed by atoms with Crippen LogP contribution in [-0.2, 0) is 21.6 Å². The number of piperidine rings is 1. The van der Waals surface area contributed by atoms with Crippen LogP contribution in [0.2, 0.25) is 0 Å². The lowest BCUT2D eigenvalue weighted by molar-refractivity contribution is -0.188. The van der Waals surface area contributed by atoms with E-state index < -0.39 is 17.3 Å². The molecule has 0 aliphatic carbocycles. The fraction of sp³-hybridized carbons (Fsp3) is 0.286. The molecule has 1 aliphatic rings. The van der Waals surface area contributed by atoms with Gasteiger partial charge in [-0.3, -0.25) is 4.90 Å². The quantitative estimate of drug-likeness (QED) is 0.265. The maximum Gasteiger partial charge on any atom is 0.144 e. The summed E-state index contributed by atoms with van der Waals surface area (Å²) in [6.07, 6.45) is 0.894. The van der Waals surface area contributed by atoms with Crippen molar-refractivity contribution < 1.29 is 14.6 Å². The van der Waals surface area contributed by atoms with Crippen molar-refractivity contribution >= 4 is 0 Å². The van der Waals surface area contributed by atoms with Crippen molar-refractivity contribution in [1.82, 2.24) is 4.90 Å². The Balaban J connectivity index is 1.65. The highest BCUT2D eigenvalue weighted by atomic mass is 16.5. The number of hydrogen-bond donors (Lipinski definition) is 1. The Morgan fingerprint density at radius 1 is 0.718 bits per heavy atom. The van der Waals surface area contributed by atoms with Crippen molar-refractivity contribution in [3.05, 3.63) is 150 Å². The molecule has 0 aromatic heterocycles. The molecule has 4 heteroatoms. The summed E-state index contributed by atoms with van der Waals surface area (Å²) in [6, 6.07) is 41.2. The summed E-state index contributed by atoms with van der Waals surface area (Å²) in [6.45, 7) is 5.56. The molecule has 3 unspecified atom stereocenters. The summed E-state index contributed by atoms with van der Waals surface area (Å²) in [5.74, 6) is 0. The zero-order chi connectivity index (χ0) is 27.3. The number of ether oxygens (including phenoxy) is 2. The average molecular weight is 521 g/mol. The van der Waals surface area contributed by atoms with Gasteiger partial charge in [0.15, 0.2) is 0 Å². The van der Waals surface area contributed by atoms with Crippen LogP contribution in [0.15, 0.2) is 121 Å². The van der Waals surface area contributed by atoms with Gasteiger partial charge in [-0.25, -0.2) is 0 Å². The minimum atomic E-state index is -0.908. The molecule has 1 N–H and O–H groups in total. The fourth-order valence-corrected chi connectivity index (χ4v) is 6.11. The number of nitrogens with zero attached hydrogens (tertiary/aromatic N) is 1. The van der Waals surface area contributed by atoms with Crippen molar-refractivity contribution in [2.45, 2.75) is 49.8 Å². The Morgan fingerprint density at radius 2 is 1.15 bits per heavy atom. The van der Waals surface area contributed by atoms with Gasteiger partial charge < -0.3 is 14.6 Å². The molecule has 0 saturated carbocycles. The van der Waals surface area contributed by atoms with Gasteiger partial charge in [-0.15, -0.1) is 0 Å². The highest BCUT2D eigenvalue weighted by Crippen LogP contribution is 2.45. The molecule has 1 aliphatic heterocycles. The highest BCUT2D eigenvalue weighted by molar-refractivity contribution is 5.47. The number of aliphatic hydroxyl groups excluding tert-OH is 1. The molecule has 0 amide bonds. The van der Waals surface area contributed by atoms with E-state index in [-0.39, 0.29) is 12.1 Å². The predicted molar refractivity (Wildman–Crippen MR) is 156 cm³/mol. The molecule has 1 radical (unpaired) electrons. The molecule has 1 heterocycles. The van der Waals surface area contributed by atoms with Crippen molar-refractivity contribution in [2.75, 3.05) is 13.7 Å². The van der Waals surface area contributed by atoms with Crippen LogP contribution >= 0.6 is 0 Å². The van der Waals surface area contributed by atoms with Gasteiger partial charge in [-0.1, -0.05) is 121 Å². The van der Waals surface area contributed by atoms with Crippen molar-refractivity contribution in [1.29, 1.82) is 0 Å². The molecule has 4 nitrogen and oxygen atoms in total. The molecule has 3 atom stereocenters. The van der Waals surface area contributed by atoms with Crippen molar-refractivity contribution in [2.24, 2.45) is 0 Å². The van der Waals surface area contributed by atoms with E-state index in [1.54, 1.807) is 7.11 Å². The summed E-state index contributed by atoms with van der Waals surface area (Å²) < 4.78 is 13.2. The van der Waals surface area contributed by atoms with E-state index in [1.165, 1.54) is 5.56 Å². The third-order valence-electron chi connectivity index (χ3n) is 7.80. The first-order valence-electron chi connectivity index (χ1n) is 13.6. The summed E-state index contributed by atoms with van der Waals surface area (Å²) >= 11 is 0. The van der Waals surface area contributed by atoms with Crippen LogP contribution < -0.4 is 0 Å². The van der Waals surface area contributed by atoms with Gasteiger partial charge in [0.25, 0.3) is 0 Å². The van der Waals surface area contributed by atoms with Gasteiger partial charge in [0.05, 0.1) is 23.9 Å². The average Bonchev–Trinajstić information content (AvgIpc) is 2.98. The normalized spacial score (nSPS) is 20.6. The fourth-order valence-electron chi connectivity index (χ4n) is 6.11. The summed E-state index contributed by atoms with van der Waals surface area (Å²) in [4.78, 5) is 2.31. The molecular weight excluding hydrogens is 482 g/mol. The monoisotopic (exact) mass is 520 g/mol. The molecule has 1 saturated heterocycles. The van der Waals surface area contributed by atoms with E-state index in [2.05, 4.69) is 122 Å². The van der Waals surface area contributed by atoms with Gasteiger partial charge in [-0.2, -0.15) is 0 Å². The van der Waals surface area contributed by atoms with E-state index in [9.17, 15) is 5.11 Å². The van der Waals surface area contributed by atoms with Gasteiger partial charge >= 0.3 is 0 Å². The third kappa shape index (κ3) is 5.57. The van der Waals surface area contributed by atoms with Gasteiger partial charge in [0, 0.05) is 26.6 Å². The van der Waals surface area contributed by atoms with Gasteiger partial charge in [0.1, 0.15) is 5.60 Å². The number of hydrogen-bond acceptors (Lipinski definition) is 4. The lowest BCUT2D eigenvalue weighted by atomic mass is 9.77. The zero-order valence-electron chi connectivity index (χ0n) is 23.0. The van der Waals surface area contributed by atoms with E-state index in [0.29, 0.717) is 13.1 Å². The van der Waals surface area contributed by atoms with E-state index >= 15 is 0 Å². The van der Waals surface area contributed by atoms with Crippen LogP contribution in [0.3, 0.4) is 0 Å². The Morgan fingerprint density at radius 3 is 1.59 bits per heavy atom. The largest absolute Gasteiger partial charge is 0.389 e. The first-order valence-corrected chi connectivity index (χ1v) is 13.6. The first-order chi connectivity index (χ1) is 19.0. The minimum Gasteiger partial charge on any atom is -0.389 e. The number of methoxy groups -OCH3 is 1. The number of rotatable bonds is 9. The molecule has 201 valence electrons. The van der Waals surface area contributed by atoms with Crippen LogP contribution in [0.25, 0.3) is 0 Å². The van der Waals surface area contributed by atoms with Crippen molar-refractivity contribution in [3.63, 3.8) is 0 Å². The zero-order valence-corrected chi connectivity index (χ0v) is 23.0. The molecule has 0 spiro atoms. The van der Waals surface area contributed by atoms with E-state index in [0.717, 1.165) is 16.7 Å². The summed E-state index contributed by atoms with van der Waals surface area (Å²) in [7, 11) is 1.66. The Hall–Kier alpha value is -3.28. The molecule has 4 aromatic rings. The standard InChI is InChI=1S/C35H38NO3/c1-34(2,33-32(37)31(38-3)24-25-36(33)26-27-16-8-4-9-17-27)39-35(28-18-10-5-11-19-28,29-20-12-6-13-21-29)30-22-14-7-15-23-30/h4-24,31-33,37H,25-26H2,1-3H3. The van der Waals surface area contributed by atoms with Crippen LogP contribution in [0.1, 0.15) is 36.1 Å². The Kier molecular flexibility index (Phi) is 8.29. The summed E-state index contributed by atoms with van der Waals surface area (Å²) in [5, 5.41) is 11.7. The molecule has 39 heavy (non-hydrogen) atoms. The second-order valence-corrected chi connectivity index (χ2v) is 10.8. The minimum absolute atomic E-state index is 0.344. The molecule has 0 bridgehead atoms. The SMILES string of the molecule is COC1[CH]CN(Cc2ccccc2)C(C(C)(C)OC(c2ccccc2)(c2ccccc2)c2ccccc2)C1O. The Labute approximate surface area is 232 Å². The number of benzene rings is 4. The predicted octanol–water partition coefficient (Wildman–Crippen LogP) is 6.24. The molecule has 1 fully saturated rings. The van der Waals surface area contributed by atoms with Crippen LogP contribution in [0, 0.1) is 6.42 Å². The topological polar surface area (TPSA) is 41.9 Å². The van der Waals surface area contributed by atoms with E-state index in [1.807, 2.05) is 24.3 Å². The smallest absolute Gasteiger partial charge is 0.144 e. The first kappa shape index (κ1) is 27.3. The highest BCUT2D eigenvalue weighted by Gasteiger charge is 2.51. The van der Waals surface area contributed by atoms with Crippen LogP contribution in [0.4, 0.5) is 0 Å². The molecule has 4 aromatic carbocycles. The summed E-state index contributed by atoms with van der Waals surface area (Å²) in [5.41, 5.74) is 2.58. The third-order valence-corrected chi connectivity index (χ3v) is 7.80. The van der Waals surface area contributed by atoms with Crippen LogP contribution in [0.5, 0.6) is 0 Å². The Bertz CT molecular complexity index is 1200. The lowest BCUT2D eigenvalue weighted by Crippen LogP contribution is -2.65. The maximum absolute atomic E-state index is 11.7. The van der Waals surface area contributed by atoms with Crippen molar-refractivity contribution in [3.8, 4) is 0 Å². The number of likely N-dealkylation sites (tertiary alicyclic amines) is 1. The van der Waals surface area contributed by atoms with Crippen LogP contribution in [-0.4, -0.2) is 47.5 Å². The second kappa shape index (κ2) is 11.8. The molecule has 5 rings (SSSR count).